The summed E-state index contributed by atoms with van der Waals surface area (Å²) in [6, 6.07) is 0. The second-order valence-corrected chi connectivity index (χ2v) is 2.13. The molecule has 1 aliphatic heterocycles. The summed E-state index contributed by atoms with van der Waals surface area (Å²) in [5.41, 5.74) is 8.93. The van der Waals surface area contributed by atoms with Crippen LogP contribution in [0.3, 0.4) is 0 Å². The first kappa shape index (κ1) is 7.08. The first-order valence-corrected chi connectivity index (χ1v) is 2.91. The largest absolute Gasteiger partial charge is 0.343 e. The van der Waals surface area contributed by atoms with E-state index >= 15 is 0 Å². The molecule has 0 fully saturated rings. The Kier molecular flexibility index (Phi) is 1.91. The van der Waals surface area contributed by atoms with Gasteiger partial charge in [-0.3, -0.25) is 4.79 Å². The number of carbonyl (C=O) groups is 1. The first-order valence-electron chi connectivity index (χ1n) is 2.91. The van der Waals surface area contributed by atoms with Crippen molar-refractivity contribution in [3.05, 3.63) is 11.6 Å². The van der Waals surface area contributed by atoms with Crippen LogP contribution in [-0.2, 0) is 9.53 Å². The Hall–Kier alpha value is -1.03. The molecule has 0 spiro atoms. The molecule has 4 heteroatoms. The van der Waals surface area contributed by atoms with E-state index in [0.29, 0.717) is 5.57 Å². The van der Waals surface area contributed by atoms with Crippen LogP contribution < -0.4 is 5.53 Å². The van der Waals surface area contributed by atoms with Gasteiger partial charge >= 0.3 is 0 Å². The average molecular weight is 139 g/mol. The van der Waals surface area contributed by atoms with Gasteiger partial charge in [-0.25, -0.2) is 0 Å². The maximum absolute atomic E-state index is 10.6. The number of ketones is 1. The molecule has 1 aliphatic rings. The van der Waals surface area contributed by atoms with Crippen molar-refractivity contribution in [1.29, 1.82) is 0 Å². The van der Waals surface area contributed by atoms with Crippen LogP contribution in [0.25, 0.3) is 0 Å². The van der Waals surface area contributed by atoms with Crippen LogP contribution in [0.4, 0.5) is 0 Å². The van der Waals surface area contributed by atoms with E-state index in [9.17, 15) is 4.79 Å². The molecule has 0 saturated heterocycles. The summed E-state index contributed by atoms with van der Waals surface area (Å²) in [5, 5.41) is 2.92. The van der Waals surface area contributed by atoms with Gasteiger partial charge in [-0.1, -0.05) is 0 Å². The lowest BCUT2D eigenvalue weighted by molar-refractivity contribution is -0.121. The van der Waals surface area contributed by atoms with E-state index < -0.39 is 6.23 Å². The Morgan fingerprint density at radius 2 is 2.60 bits per heavy atom. The molecule has 0 aromatic rings. The second kappa shape index (κ2) is 2.70. The van der Waals surface area contributed by atoms with E-state index in [0.717, 1.165) is 0 Å². The molecule has 1 radical (unpaired) electrons. The van der Waals surface area contributed by atoms with Crippen LogP contribution in [0.5, 0.6) is 0 Å². The Morgan fingerprint density at radius 3 is 3.10 bits per heavy atom. The lowest BCUT2D eigenvalue weighted by Crippen LogP contribution is -2.22. The molecule has 0 amide bonds. The minimum Gasteiger partial charge on any atom is -0.343 e. The highest BCUT2D eigenvalue weighted by Crippen LogP contribution is 2.11. The first-order chi connectivity index (χ1) is 4.74. The zero-order valence-electron chi connectivity index (χ0n) is 5.57. The average Bonchev–Trinajstić information content (AvgIpc) is 1.88. The highest BCUT2D eigenvalue weighted by molar-refractivity contribution is 5.92. The van der Waals surface area contributed by atoms with Gasteiger partial charge in [0.05, 0.1) is 0 Å². The summed E-state index contributed by atoms with van der Waals surface area (Å²) in [6.45, 7) is 1.69. The Labute approximate surface area is 58.4 Å². The molecule has 0 N–H and O–H groups in total. The molecule has 0 aromatic heterocycles. The molecule has 0 saturated carbocycles. The number of hydrogen-bond donors (Lipinski definition) is 0. The summed E-state index contributed by atoms with van der Waals surface area (Å²) in [4.78, 5) is 10.6. The van der Waals surface area contributed by atoms with Gasteiger partial charge in [0.2, 0.25) is 0 Å². The zero-order valence-corrected chi connectivity index (χ0v) is 5.57. The maximum Gasteiger partial charge on any atom is 0.193 e. The monoisotopic (exact) mass is 139 g/mol. The molecule has 4 nitrogen and oxygen atoms in total. The third kappa shape index (κ3) is 1.27. The van der Waals surface area contributed by atoms with Crippen molar-refractivity contribution in [2.24, 2.45) is 5.11 Å². The van der Waals surface area contributed by atoms with Crippen molar-refractivity contribution in [3.8, 4) is 0 Å². The smallest absolute Gasteiger partial charge is 0.193 e. The van der Waals surface area contributed by atoms with Crippen molar-refractivity contribution in [1.82, 2.24) is 5.53 Å². The normalized spacial score (nSPS) is 25.9. The predicted octanol–water partition coefficient (Wildman–Crippen LogP) is 0.110. The van der Waals surface area contributed by atoms with Crippen LogP contribution in [-0.4, -0.2) is 18.6 Å². The lowest BCUT2D eigenvalue weighted by atomic mass is 10.2. The summed E-state index contributed by atoms with van der Waals surface area (Å²) < 4.78 is 4.82. The summed E-state index contributed by atoms with van der Waals surface area (Å²) >= 11 is 0. The van der Waals surface area contributed by atoms with E-state index in [-0.39, 0.29) is 12.4 Å². The SMILES string of the molecule is CC1=CC(=O)COC1N=[N]. The Morgan fingerprint density at radius 1 is 1.90 bits per heavy atom. The maximum atomic E-state index is 10.6. The Bertz CT molecular complexity index is 198. The fourth-order valence-corrected chi connectivity index (χ4v) is 0.784. The van der Waals surface area contributed by atoms with Gasteiger partial charge in [0.25, 0.3) is 0 Å². The van der Waals surface area contributed by atoms with Crippen LogP contribution in [0.15, 0.2) is 16.8 Å². The van der Waals surface area contributed by atoms with Crippen molar-refractivity contribution in [2.75, 3.05) is 6.61 Å². The van der Waals surface area contributed by atoms with Gasteiger partial charge in [0.1, 0.15) is 6.61 Å². The summed E-state index contributed by atoms with van der Waals surface area (Å²) in [7, 11) is 0. The van der Waals surface area contributed by atoms with Crippen molar-refractivity contribution in [2.45, 2.75) is 13.2 Å². The zero-order chi connectivity index (χ0) is 7.56. The predicted molar refractivity (Wildman–Crippen MR) is 33.1 cm³/mol. The fourth-order valence-electron chi connectivity index (χ4n) is 0.784. The molecule has 1 atom stereocenters. The number of ether oxygens (including phenoxy) is 1. The number of nitrogens with zero attached hydrogens (tertiary/aromatic N) is 2. The van der Waals surface area contributed by atoms with Crippen LogP contribution >= 0.6 is 0 Å². The third-order valence-corrected chi connectivity index (χ3v) is 1.27. The highest BCUT2D eigenvalue weighted by atomic mass is 16.5. The van der Waals surface area contributed by atoms with Gasteiger partial charge in [0.15, 0.2) is 12.0 Å². The minimum absolute atomic E-state index is 0.00602. The van der Waals surface area contributed by atoms with Crippen LogP contribution in [0, 0.1) is 0 Å². The molecule has 0 aromatic carbocycles. The summed E-state index contributed by atoms with van der Waals surface area (Å²) in [5.74, 6) is -0.0857. The molecular weight excluding hydrogens is 132 g/mol. The molecule has 1 heterocycles. The standard InChI is InChI=1S/C6H7N2O2/c1-4-2-5(9)3-10-6(4)8-7/h2,6H,3H2,1H3. The van der Waals surface area contributed by atoms with Gasteiger partial charge in [-0.2, -0.15) is 0 Å². The molecule has 0 bridgehead atoms. The molecule has 1 rings (SSSR count). The topological polar surface area (TPSA) is 61.0 Å². The Balaban J connectivity index is 2.76. The van der Waals surface area contributed by atoms with Crippen LogP contribution in [0.1, 0.15) is 6.92 Å². The molecule has 0 aliphatic carbocycles. The number of carbonyl (C=O) groups excluding carboxylic acids is 1. The number of hydrogen-bond acceptors (Lipinski definition) is 3. The van der Waals surface area contributed by atoms with E-state index in [1.807, 2.05) is 0 Å². The van der Waals surface area contributed by atoms with Crippen molar-refractivity contribution >= 4 is 5.78 Å². The van der Waals surface area contributed by atoms with Gasteiger partial charge in [0, 0.05) is 0 Å². The van der Waals surface area contributed by atoms with Crippen LogP contribution in [0.2, 0.25) is 0 Å². The van der Waals surface area contributed by atoms with Gasteiger partial charge in [-0.15, -0.1) is 5.11 Å². The van der Waals surface area contributed by atoms with E-state index in [4.69, 9.17) is 10.3 Å². The lowest BCUT2D eigenvalue weighted by Gasteiger charge is -2.14. The quantitative estimate of drug-likeness (QED) is 0.484. The van der Waals surface area contributed by atoms with Gasteiger partial charge in [-0.05, 0) is 24.1 Å². The van der Waals surface area contributed by atoms with Crippen molar-refractivity contribution < 1.29 is 9.53 Å². The van der Waals surface area contributed by atoms with E-state index in [2.05, 4.69) is 5.11 Å². The second-order valence-electron chi connectivity index (χ2n) is 2.13. The molecule has 10 heavy (non-hydrogen) atoms. The van der Waals surface area contributed by atoms with E-state index in [1.165, 1.54) is 6.08 Å². The molecular formula is C6H7N2O2. The summed E-state index contributed by atoms with van der Waals surface area (Å²) in [6.07, 6.45) is 0.783. The highest BCUT2D eigenvalue weighted by Gasteiger charge is 2.17. The van der Waals surface area contributed by atoms with Crippen molar-refractivity contribution in [3.63, 3.8) is 0 Å². The molecule has 53 valence electrons. The number of rotatable bonds is 1. The third-order valence-electron chi connectivity index (χ3n) is 1.27. The van der Waals surface area contributed by atoms with E-state index in [1.54, 1.807) is 6.92 Å². The molecule has 1 unspecified atom stereocenters. The minimum atomic E-state index is -0.641. The van der Waals surface area contributed by atoms with Gasteiger partial charge < -0.3 is 4.74 Å². The fraction of sp³-hybridized carbons (Fsp3) is 0.500.